The summed E-state index contributed by atoms with van der Waals surface area (Å²) in [5.74, 6) is -0.876. The summed E-state index contributed by atoms with van der Waals surface area (Å²) in [5.41, 5.74) is 0. The molecule has 1 atom stereocenters. The van der Waals surface area contributed by atoms with Crippen molar-refractivity contribution in [2.45, 2.75) is 322 Å². The highest BCUT2D eigenvalue weighted by atomic mass is 16.6. The molecule has 0 bridgehead atoms. The lowest BCUT2D eigenvalue weighted by molar-refractivity contribution is -0.167. The zero-order valence-corrected chi connectivity index (χ0v) is 46.1. The molecule has 0 saturated heterocycles. The van der Waals surface area contributed by atoms with Gasteiger partial charge >= 0.3 is 17.9 Å². The third-order valence-corrected chi connectivity index (χ3v) is 13.3. The first-order valence-electron chi connectivity index (χ1n) is 30.1. The molecule has 0 unspecified atom stereocenters. The van der Waals surface area contributed by atoms with E-state index in [0.29, 0.717) is 19.3 Å². The van der Waals surface area contributed by atoms with E-state index in [9.17, 15) is 14.4 Å². The van der Waals surface area contributed by atoms with Gasteiger partial charge in [0.1, 0.15) is 13.2 Å². The molecule has 402 valence electrons. The summed E-state index contributed by atoms with van der Waals surface area (Å²) in [4.78, 5) is 38.2. The van der Waals surface area contributed by atoms with Crippen LogP contribution in [0.4, 0.5) is 0 Å². The van der Waals surface area contributed by atoms with Crippen molar-refractivity contribution in [3.63, 3.8) is 0 Å². The van der Waals surface area contributed by atoms with E-state index in [4.69, 9.17) is 14.2 Å². The SMILES string of the molecule is CC/C=C\C/C=C\C/C=C\CCCCCCCC(=O)OC[C@H](COC(=O)CCCCCCCCCCCCC/C=C\CCCCCCCC)OC(=O)CCCCCCCCCCCCCCCCC. The van der Waals surface area contributed by atoms with Crippen LogP contribution in [0.3, 0.4) is 0 Å². The van der Waals surface area contributed by atoms with E-state index < -0.39 is 6.10 Å². The van der Waals surface area contributed by atoms with Crippen LogP contribution in [-0.4, -0.2) is 37.2 Å². The molecule has 0 rings (SSSR count). The minimum Gasteiger partial charge on any atom is -0.462 e. The van der Waals surface area contributed by atoms with Gasteiger partial charge in [-0.25, -0.2) is 0 Å². The van der Waals surface area contributed by atoms with Crippen molar-refractivity contribution in [2.75, 3.05) is 13.2 Å². The Labute approximate surface area is 428 Å². The Hall–Kier alpha value is -2.63. The molecular formula is C63H114O6. The fraction of sp³-hybridized carbons (Fsp3) is 0.825. The van der Waals surface area contributed by atoms with E-state index in [1.54, 1.807) is 0 Å². The number of esters is 3. The zero-order chi connectivity index (χ0) is 50.0. The summed E-state index contributed by atoms with van der Waals surface area (Å²) in [7, 11) is 0. The quantitative estimate of drug-likeness (QED) is 0.0262. The molecule has 0 heterocycles. The van der Waals surface area contributed by atoms with E-state index in [-0.39, 0.29) is 31.1 Å². The van der Waals surface area contributed by atoms with Crippen LogP contribution in [0.15, 0.2) is 48.6 Å². The predicted molar refractivity (Wildman–Crippen MR) is 298 cm³/mol. The minimum atomic E-state index is -0.778. The predicted octanol–water partition coefficient (Wildman–Crippen LogP) is 20.2. The number of carbonyl (C=O) groups excluding carboxylic acids is 3. The Kier molecular flexibility index (Phi) is 55.7. The molecule has 0 saturated carbocycles. The van der Waals surface area contributed by atoms with E-state index in [1.165, 1.54) is 180 Å². The van der Waals surface area contributed by atoms with Gasteiger partial charge in [0.25, 0.3) is 0 Å². The molecule has 0 amide bonds. The summed E-state index contributed by atoms with van der Waals surface area (Å²) in [5, 5.41) is 0. The molecular weight excluding hydrogens is 853 g/mol. The first-order chi connectivity index (χ1) is 34.0. The highest BCUT2D eigenvalue weighted by Crippen LogP contribution is 2.17. The fourth-order valence-electron chi connectivity index (χ4n) is 8.81. The van der Waals surface area contributed by atoms with Crippen LogP contribution in [0, 0.1) is 0 Å². The van der Waals surface area contributed by atoms with Crippen LogP contribution < -0.4 is 0 Å². The highest BCUT2D eigenvalue weighted by molar-refractivity contribution is 5.71. The van der Waals surface area contributed by atoms with Crippen LogP contribution in [0.2, 0.25) is 0 Å². The number of hydrogen-bond acceptors (Lipinski definition) is 6. The largest absolute Gasteiger partial charge is 0.462 e. The Morgan fingerprint density at radius 2 is 0.565 bits per heavy atom. The van der Waals surface area contributed by atoms with Gasteiger partial charge < -0.3 is 14.2 Å². The van der Waals surface area contributed by atoms with Gasteiger partial charge in [-0.15, -0.1) is 0 Å². The third kappa shape index (κ3) is 56.2. The average Bonchev–Trinajstić information content (AvgIpc) is 3.35. The lowest BCUT2D eigenvalue weighted by Gasteiger charge is -2.18. The maximum atomic E-state index is 12.9. The number of carbonyl (C=O) groups is 3. The highest BCUT2D eigenvalue weighted by Gasteiger charge is 2.19. The zero-order valence-electron chi connectivity index (χ0n) is 46.1. The molecule has 0 aromatic rings. The Morgan fingerprint density at radius 3 is 0.899 bits per heavy atom. The molecule has 0 aliphatic rings. The fourth-order valence-corrected chi connectivity index (χ4v) is 8.81. The molecule has 0 aliphatic carbocycles. The van der Waals surface area contributed by atoms with Gasteiger partial charge in [-0.2, -0.15) is 0 Å². The number of ether oxygens (including phenoxy) is 3. The van der Waals surface area contributed by atoms with Crippen LogP contribution in [0.5, 0.6) is 0 Å². The summed E-state index contributed by atoms with van der Waals surface area (Å²) in [6, 6.07) is 0. The van der Waals surface area contributed by atoms with Gasteiger partial charge in [-0.3, -0.25) is 14.4 Å². The van der Waals surface area contributed by atoms with Gasteiger partial charge in [-0.05, 0) is 77.0 Å². The Bertz CT molecular complexity index is 1200. The van der Waals surface area contributed by atoms with Crippen molar-refractivity contribution >= 4 is 17.9 Å². The van der Waals surface area contributed by atoms with Gasteiger partial charge in [0, 0.05) is 19.3 Å². The maximum absolute atomic E-state index is 12.9. The number of rotatable bonds is 55. The van der Waals surface area contributed by atoms with Crippen molar-refractivity contribution < 1.29 is 28.6 Å². The monoisotopic (exact) mass is 967 g/mol. The molecule has 6 heteroatoms. The number of allylic oxidation sites excluding steroid dienone is 8. The second-order valence-corrected chi connectivity index (χ2v) is 20.2. The third-order valence-electron chi connectivity index (χ3n) is 13.3. The van der Waals surface area contributed by atoms with Crippen LogP contribution >= 0.6 is 0 Å². The summed E-state index contributed by atoms with van der Waals surface area (Å²) in [6.07, 6.45) is 71.1. The van der Waals surface area contributed by atoms with E-state index >= 15 is 0 Å². The summed E-state index contributed by atoms with van der Waals surface area (Å²) >= 11 is 0. The first-order valence-corrected chi connectivity index (χ1v) is 30.1. The maximum Gasteiger partial charge on any atom is 0.306 e. The lowest BCUT2D eigenvalue weighted by Crippen LogP contribution is -2.30. The van der Waals surface area contributed by atoms with E-state index in [1.807, 2.05) is 0 Å². The molecule has 0 aromatic heterocycles. The normalized spacial score (nSPS) is 12.3. The standard InChI is InChI=1S/C63H114O6/c1-4-7-10-13-16-19-22-25-28-29-30-31-32-33-36-38-41-44-47-50-53-56-62(65)68-59-60(69-63(66)57-54-51-48-45-42-39-35-27-24-21-18-15-12-9-6-3)58-67-61(64)55-52-49-46-43-40-37-34-26-23-20-17-14-11-8-5-2/h8,11,17,20,25-26,28,34,60H,4-7,9-10,12-16,18-19,21-24,27,29-33,35-59H2,1-3H3/b11-8-,20-17-,28-25-,34-26-/t60-/m1/s1. The van der Waals surface area contributed by atoms with Crippen molar-refractivity contribution in [2.24, 2.45) is 0 Å². The van der Waals surface area contributed by atoms with Crippen LogP contribution in [-0.2, 0) is 28.6 Å². The molecule has 0 radical (unpaired) electrons. The first kappa shape index (κ1) is 66.4. The molecule has 0 spiro atoms. The van der Waals surface area contributed by atoms with Gasteiger partial charge in [0.15, 0.2) is 6.10 Å². The molecule has 0 fully saturated rings. The van der Waals surface area contributed by atoms with Crippen LogP contribution in [0.1, 0.15) is 316 Å². The minimum absolute atomic E-state index is 0.0757. The molecule has 0 N–H and O–H groups in total. The van der Waals surface area contributed by atoms with E-state index in [0.717, 1.165) is 96.3 Å². The molecule has 0 aromatic carbocycles. The smallest absolute Gasteiger partial charge is 0.306 e. The summed E-state index contributed by atoms with van der Waals surface area (Å²) < 4.78 is 16.9. The lowest BCUT2D eigenvalue weighted by atomic mass is 10.0. The van der Waals surface area contributed by atoms with Gasteiger partial charge in [0.2, 0.25) is 0 Å². The second-order valence-electron chi connectivity index (χ2n) is 20.2. The van der Waals surface area contributed by atoms with Crippen molar-refractivity contribution in [3.8, 4) is 0 Å². The molecule has 0 aliphatic heterocycles. The Balaban J connectivity index is 4.32. The van der Waals surface area contributed by atoms with Crippen LogP contribution in [0.25, 0.3) is 0 Å². The van der Waals surface area contributed by atoms with Gasteiger partial charge in [-0.1, -0.05) is 268 Å². The number of hydrogen-bond donors (Lipinski definition) is 0. The van der Waals surface area contributed by atoms with Crippen molar-refractivity contribution in [1.82, 2.24) is 0 Å². The molecule has 69 heavy (non-hydrogen) atoms. The summed E-state index contributed by atoms with van der Waals surface area (Å²) in [6.45, 7) is 6.55. The van der Waals surface area contributed by atoms with Crippen molar-refractivity contribution in [3.05, 3.63) is 48.6 Å². The molecule has 6 nitrogen and oxygen atoms in total. The second kappa shape index (κ2) is 57.9. The average molecular weight is 968 g/mol. The van der Waals surface area contributed by atoms with E-state index in [2.05, 4.69) is 69.4 Å². The topological polar surface area (TPSA) is 78.9 Å². The van der Waals surface area contributed by atoms with Crippen molar-refractivity contribution in [1.29, 1.82) is 0 Å². The Morgan fingerprint density at radius 1 is 0.304 bits per heavy atom. The number of unbranched alkanes of at least 4 members (excludes halogenated alkanes) is 36. The van der Waals surface area contributed by atoms with Gasteiger partial charge in [0.05, 0.1) is 0 Å².